The fourth-order valence-electron chi connectivity index (χ4n) is 2.81. The maximum Gasteiger partial charge on any atom is 0.308 e. The number of rotatable bonds is 6. The van der Waals surface area contributed by atoms with Gasteiger partial charge in [0.15, 0.2) is 0 Å². The molecule has 0 aliphatic heterocycles. The van der Waals surface area contributed by atoms with Gasteiger partial charge in [-0.1, -0.05) is 35.1 Å². The predicted molar refractivity (Wildman–Crippen MR) is 114 cm³/mol. The number of carbonyl (C=O) groups is 1. The van der Waals surface area contributed by atoms with Gasteiger partial charge in [-0.2, -0.15) is 0 Å². The zero-order valence-electron chi connectivity index (χ0n) is 15.2. The molecule has 7 nitrogen and oxygen atoms in total. The zero-order chi connectivity index (χ0) is 20.5. The third-order valence-corrected chi connectivity index (χ3v) is 6.46. The van der Waals surface area contributed by atoms with E-state index >= 15 is 0 Å². The second kappa shape index (κ2) is 7.94. The summed E-state index contributed by atoms with van der Waals surface area (Å²) in [5, 5.41) is 2.91. The summed E-state index contributed by atoms with van der Waals surface area (Å²) in [6, 6.07) is 11.6. The molecular weight excluding hydrogens is 422 g/mol. The summed E-state index contributed by atoms with van der Waals surface area (Å²) >= 11 is 7.19. The molecule has 0 spiro atoms. The van der Waals surface area contributed by atoms with Gasteiger partial charge in [-0.15, -0.1) is 0 Å². The molecule has 3 rings (SSSR count). The molecule has 0 radical (unpaired) electrons. The number of nitrogens with one attached hydrogen (secondary N) is 1. The molecule has 0 fully saturated rings. The molecule has 1 aromatic heterocycles. The van der Waals surface area contributed by atoms with Crippen molar-refractivity contribution < 1.29 is 13.2 Å². The van der Waals surface area contributed by atoms with Crippen molar-refractivity contribution in [3.63, 3.8) is 0 Å². The van der Waals surface area contributed by atoms with Crippen molar-refractivity contribution in [2.24, 2.45) is 0 Å². The van der Waals surface area contributed by atoms with E-state index in [4.69, 9.17) is 11.6 Å². The first-order chi connectivity index (χ1) is 13.2. The number of halogens is 1. The van der Waals surface area contributed by atoms with E-state index in [1.807, 2.05) is 6.92 Å². The molecule has 0 aliphatic rings. The number of hydrogen-bond acceptors (Lipinski definition) is 5. The van der Waals surface area contributed by atoms with E-state index in [1.165, 1.54) is 6.07 Å². The van der Waals surface area contributed by atoms with E-state index in [0.29, 0.717) is 12.2 Å². The molecule has 0 saturated carbocycles. The number of aromatic nitrogens is 1. The normalized spacial score (nSPS) is 11.5. The second-order valence-corrected chi connectivity index (χ2v) is 9.37. The third kappa shape index (κ3) is 4.21. The molecule has 2 aromatic carbocycles. The largest absolute Gasteiger partial charge is 0.324 e. The lowest BCUT2D eigenvalue weighted by Gasteiger charge is -2.22. The van der Waals surface area contributed by atoms with Crippen LogP contribution in [0.2, 0.25) is 5.02 Å². The van der Waals surface area contributed by atoms with Crippen molar-refractivity contribution in [2.45, 2.75) is 13.5 Å². The second-order valence-electron chi connectivity index (χ2n) is 6.06. The highest BCUT2D eigenvalue weighted by Gasteiger charge is 2.23. The molecular formula is C18H18ClN3O4S2. The molecule has 0 unspecified atom stereocenters. The first-order valence-corrected chi connectivity index (χ1v) is 11.4. The van der Waals surface area contributed by atoms with E-state index in [9.17, 15) is 18.0 Å². The highest BCUT2D eigenvalue weighted by atomic mass is 35.5. The number of nitrogens with zero attached hydrogens (tertiary/aromatic N) is 2. The first-order valence-electron chi connectivity index (χ1n) is 8.36. The Kier molecular flexibility index (Phi) is 5.78. The molecule has 1 N–H and O–H groups in total. The summed E-state index contributed by atoms with van der Waals surface area (Å²) in [6.45, 7) is 2.02. The molecule has 10 heteroatoms. The van der Waals surface area contributed by atoms with E-state index in [0.717, 1.165) is 32.1 Å². The Balaban J connectivity index is 1.85. The zero-order valence-corrected chi connectivity index (χ0v) is 17.6. The summed E-state index contributed by atoms with van der Waals surface area (Å²) in [5.41, 5.74) is 1.51. The van der Waals surface area contributed by atoms with Gasteiger partial charge < -0.3 is 5.32 Å². The number of hydrogen-bond donors (Lipinski definition) is 1. The number of amides is 1. The predicted octanol–water partition coefficient (Wildman–Crippen LogP) is 3.14. The maximum atomic E-state index is 12.5. The van der Waals surface area contributed by atoms with Crippen LogP contribution in [0.4, 0.5) is 11.4 Å². The lowest BCUT2D eigenvalue weighted by Crippen LogP contribution is -2.37. The Hall–Kier alpha value is -2.36. The standard InChI is InChI=1S/C18H18ClN3O4S2/c1-3-21-15-9-8-12(10-16(15)27-18(21)24)20-17(23)11-22(28(2,25)26)14-7-5-4-6-13(14)19/h4-10H,3,11H2,1-2H3,(H,20,23). The van der Waals surface area contributed by atoms with Gasteiger partial charge in [-0.05, 0) is 37.3 Å². The van der Waals surface area contributed by atoms with Crippen LogP contribution in [0.3, 0.4) is 0 Å². The SMILES string of the molecule is CCn1c(=O)sc2cc(NC(=O)CN(c3ccccc3Cl)S(C)(=O)=O)ccc21. The van der Waals surface area contributed by atoms with Gasteiger partial charge in [-0.3, -0.25) is 18.5 Å². The molecule has 3 aromatic rings. The highest BCUT2D eigenvalue weighted by molar-refractivity contribution is 7.92. The number of benzene rings is 2. The van der Waals surface area contributed by atoms with Crippen LogP contribution < -0.4 is 14.5 Å². The Morgan fingerprint density at radius 2 is 1.96 bits per heavy atom. The molecule has 0 bridgehead atoms. The number of sulfonamides is 1. The van der Waals surface area contributed by atoms with Crippen LogP contribution in [0.1, 0.15) is 6.92 Å². The fraction of sp³-hybridized carbons (Fsp3) is 0.222. The molecule has 0 atom stereocenters. The molecule has 28 heavy (non-hydrogen) atoms. The van der Waals surface area contributed by atoms with Crippen LogP contribution in [0.5, 0.6) is 0 Å². The Morgan fingerprint density at radius 3 is 2.61 bits per heavy atom. The van der Waals surface area contributed by atoms with Gasteiger partial charge in [0.2, 0.25) is 15.9 Å². The van der Waals surface area contributed by atoms with Crippen LogP contribution in [0.15, 0.2) is 47.3 Å². The number of aryl methyl sites for hydroxylation is 1. The molecule has 1 amide bonds. The molecule has 148 valence electrons. The van der Waals surface area contributed by atoms with Crippen LogP contribution in [-0.2, 0) is 21.4 Å². The van der Waals surface area contributed by atoms with Gasteiger partial charge in [0.25, 0.3) is 0 Å². The van der Waals surface area contributed by atoms with Crippen molar-refractivity contribution in [3.8, 4) is 0 Å². The fourth-order valence-corrected chi connectivity index (χ4v) is 4.96. The van der Waals surface area contributed by atoms with Crippen molar-refractivity contribution >= 4 is 60.5 Å². The van der Waals surface area contributed by atoms with Crippen LogP contribution in [0.25, 0.3) is 10.2 Å². The summed E-state index contributed by atoms with van der Waals surface area (Å²) in [7, 11) is -3.72. The van der Waals surface area contributed by atoms with Crippen molar-refractivity contribution in [2.75, 3.05) is 22.4 Å². The van der Waals surface area contributed by atoms with Gasteiger partial charge in [0.05, 0.1) is 27.2 Å². The molecule has 1 heterocycles. The number of para-hydroxylation sites is 1. The highest BCUT2D eigenvalue weighted by Crippen LogP contribution is 2.27. The maximum absolute atomic E-state index is 12.5. The summed E-state index contributed by atoms with van der Waals surface area (Å²) in [6.07, 6.45) is 1.01. The molecule has 0 saturated heterocycles. The van der Waals surface area contributed by atoms with E-state index in [2.05, 4.69) is 5.32 Å². The minimum absolute atomic E-state index is 0.0667. The van der Waals surface area contributed by atoms with Crippen LogP contribution >= 0.6 is 22.9 Å². The minimum Gasteiger partial charge on any atom is -0.324 e. The Labute approximate surface area is 171 Å². The van der Waals surface area contributed by atoms with E-state index in [1.54, 1.807) is 41.0 Å². The van der Waals surface area contributed by atoms with E-state index in [-0.39, 0.29) is 15.6 Å². The summed E-state index contributed by atoms with van der Waals surface area (Å²) in [4.78, 5) is 24.4. The number of thiazole rings is 1. The third-order valence-electron chi connectivity index (χ3n) is 4.08. The van der Waals surface area contributed by atoms with Gasteiger partial charge >= 0.3 is 4.87 Å². The number of anilines is 2. The van der Waals surface area contributed by atoms with Crippen molar-refractivity contribution in [1.82, 2.24) is 4.57 Å². The van der Waals surface area contributed by atoms with Gasteiger partial charge in [-0.25, -0.2) is 8.42 Å². The van der Waals surface area contributed by atoms with E-state index < -0.39 is 22.5 Å². The molecule has 0 aliphatic carbocycles. The average Bonchev–Trinajstić information content (AvgIpc) is 2.93. The first kappa shape index (κ1) is 20.4. The topological polar surface area (TPSA) is 88.5 Å². The monoisotopic (exact) mass is 439 g/mol. The quantitative estimate of drug-likeness (QED) is 0.639. The number of fused-ring (bicyclic) bond motifs is 1. The lowest BCUT2D eigenvalue weighted by molar-refractivity contribution is -0.114. The minimum atomic E-state index is -3.72. The smallest absolute Gasteiger partial charge is 0.308 e. The van der Waals surface area contributed by atoms with Gasteiger partial charge in [0, 0.05) is 12.2 Å². The van der Waals surface area contributed by atoms with Crippen molar-refractivity contribution in [3.05, 3.63) is 57.2 Å². The number of carbonyl (C=O) groups excluding carboxylic acids is 1. The van der Waals surface area contributed by atoms with Crippen LogP contribution in [-0.4, -0.2) is 31.7 Å². The summed E-state index contributed by atoms with van der Waals surface area (Å²) < 4.78 is 27.7. The average molecular weight is 440 g/mol. The summed E-state index contributed by atoms with van der Waals surface area (Å²) in [5.74, 6) is -0.521. The van der Waals surface area contributed by atoms with Crippen molar-refractivity contribution in [1.29, 1.82) is 0 Å². The Morgan fingerprint density at radius 1 is 1.25 bits per heavy atom. The lowest BCUT2D eigenvalue weighted by atomic mass is 10.3. The van der Waals surface area contributed by atoms with Gasteiger partial charge in [0.1, 0.15) is 6.54 Å². The van der Waals surface area contributed by atoms with Crippen LogP contribution in [0, 0.1) is 0 Å². The Bertz CT molecular complexity index is 1200.